The highest BCUT2D eigenvalue weighted by Crippen LogP contribution is 2.47. The van der Waals surface area contributed by atoms with Gasteiger partial charge < -0.3 is 9.64 Å². The number of rotatable bonds is 3. The number of benzene rings is 2. The van der Waals surface area contributed by atoms with Gasteiger partial charge in [-0.3, -0.25) is 0 Å². The molecule has 128 valence electrons. The molecule has 24 heavy (non-hydrogen) atoms. The first-order chi connectivity index (χ1) is 11.4. The SMILES string of the molecule is COc1ccc2ccccc2c1C[NH+]1C[C@@]2(C)C[C@@H]1CC(C)(C)C2. The minimum absolute atomic E-state index is 0.488. The number of methoxy groups -OCH3 is 1. The molecule has 0 aromatic heterocycles. The average Bonchev–Trinajstić information content (AvgIpc) is 2.76. The van der Waals surface area contributed by atoms with Crippen molar-refractivity contribution in [3.05, 3.63) is 42.0 Å². The largest absolute Gasteiger partial charge is 0.496 e. The molecule has 1 unspecified atom stereocenters. The molecular weight excluding hydrogens is 294 g/mol. The van der Waals surface area contributed by atoms with Crippen molar-refractivity contribution in [1.82, 2.24) is 0 Å². The lowest BCUT2D eigenvalue weighted by Crippen LogP contribution is -3.12. The molecule has 1 heterocycles. The number of likely N-dealkylation sites (tertiary alicyclic amines) is 1. The molecule has 2 aromatic rings. The van der Waals surface area contributed by atoms with Crippen LogP contribution in [-0.4, -0.2) is 19.7 Å². The van der Waals surface area contributed by atoms with E-state index in [1.54, 1.807) is 12.0 Å². The van der Waals surface area contributed by atoms with Gasteiger partial charge in [0.2, 0.25) is 0 Å². The van der Waals surface area contributed by atoms with E-state index in [1.165, 1.54) is 42.1 Å². The summed E-state index contributed by atoms with van der Waals surface area (Å²) in [7, 11) is 1.80. The van der Waals surface area contributed by atoms with Crippen LogP contribution in [0.4, 0.5) is 0 Å². The first-order valence-electron chi connectivity index (χ1n) is 9.28. The van der Waals surface area contributed by atoms with Gasteiger partial charge in [0.1, 0.15) is 12.3 Å². The van der Waals surface area contributed by atoms with Crippen LogP contribution in [-0.2, 0) is 6.54 Å². The summed E-state index contributed by atoms with van der Waals surface area (Å²) in [4.78, 5) is 1.76. The molecule has 2 aliphatic rings. The maximum Gasteiger partial charge on any atom is 0.128 e. The maximum atomic E-state index is 5.73. The van der Waals surface area contributed by atoms with Gasteiger partial charge in [-0.2, -0.15) is 0 Å². The van der Waals surface area contributed by atoms with Crippen molar-refractivity contribution >= 4 is 10.8 Å². The molecule has 2 aromatic carbocycles. The van der Waals surface area contributed by atoms with E-state index in [1.807, 2.05) is 0 Å². The Morgan fingerprint density at radius 2 is 1.88 bits per heavy atom. The normalized spacial score (nSPS) is 31.3. The number of fused-ring (bicyclic) bond motifs is 3. The van der Waals surface area contributed by atoms with Crippen LogP contribution in [0.3, 0.4) is 0 Å². The summed E-state index contributed by atoms with van der Waals surface area (Å²) >= 11 is 0. The van der Waals surface area contributed by atoms with E-state index < -0.39 is 0 Å². The van der Waals surface area contributed by atoms with Gasteiger partial charge in [-0.05, 0) is 28.7 Å². The van der Waals surface area contributed by atoms with Crippen LogP contribution in [0.5, 0.6) is 5.75 Å². The van der Waals surface area contributed by atoms with Gasteiger partial charge in [0.25, 0.3) is 0 Å². The Morgan fingerprint density at radius 1 is 1.08 bits per heavy atom. The van der Waals surface area contributed by atoms with Crippen LogP contribution >= 0.6 is 0 Å². The average molecular weight is 324 g/mol. The predicted molar refractivity (Wildman–Crippen MR) is 99.6 cm³/mol. The molecule has 4 rings (SSSR count). The lowest BCUT2D eigenvalue weighted by Gasteiger charge is -2.37. The molecule has 0 radical (unpaired) electrons. The number of hydrogen-bond donors (Lipinski definition) is 1. The van der Waals surface area contributed by atoms with E-state index in [4.69, 9.17) is 4.74 Å². The number of nitrogens with one attached hydrogen (secondary N) is 1. The topological polar surface area (TPSA) is 13.7 Å². The van der Waals surface area contributed by atoms with Crippen LogP contribution in [0.15, 0.2) is 36.4 Å². The van der Waals surface area contributed by atoms with E-state index in [-0.39, 0.29) is 0 Å². The molecule has 2 bridgehead atoms. The molecule has 1 saturated carbocycles. The van der Waals surface area contributed by atoms with E-state index in [9.17, 15) is 0 Å². The van der Waals surface area contributed by atoms with Crippen molar-refractivity contribution in [1.29, 1.82) is 0 Å². The summed E-state index contributed by atoms with van der Waals surface area (Å²) in [6.45, 7) is 9.81. The van der Waals surface area contributed by atoms with Crippen molar-refractivity contribution in [2.75, 3.05) is 13.7 Å². The molecule has 3 atom stereocenters. The van der Waals surface area contributed by atoms with Crippen LogP contribution in [0.25, 0.3) is 10.8 Å². The Labute approximate surface area is 145 Å². The van der Waals surface area contributed by atoms with Gasteiger partial charge in [0.05, 0.1) is 25.3 Å². The van der Waals surface area contributed by atoms with Gasteiger partial charge in [-0.25, -0.2) is 0 Å². The van der Waals surface area contributed by atoms with Gasteiger partial charge >= 0.3 is 0 Å². The molecule has 1 aliphatic carbocycles. The van der Waals surface area contributed by atoms with Crippen LogP contribution < -0.4 is 9.64 Å². The summed E-state index contributed by atoms with van der Waals surface area (Å²) < 4.78 is 5.73. The molecule has 2 nitrogen and oxygen atoms in total. The summed E-state index contributed by atoms with van der Waals surface area (Å²) in [5, 5.41) is 2.68. The highest BCUT2D eigenvalue weighted by molar-refractivity contribution is 5.87. The highest BCUT2D eigenvalue weighted by atomic mass is 16.5. The monoisotopic (exact) mass is 324 g/mol. The van der Waals surface area contributed by atoms with Gasteiger partial charge in [-0.15, -0.1) is 0 Å². The molecule has 0 amide bonds. The molecule has 1 saturated heterocycles. The molecular formula is C22H30NO+. The second kappa shape index (κ2) is 5.49. The highest BCUT2D eigenvalue weighted by Gasteiger charge is 2.52. The lowest BCUT2D eigenvalue weighted by atomic mass is 9.65. The van der Waals surface area contributed by atoms with Crippen molar-refractivity contribution in [2.45, 2.75) is 52.6 Å². The fourth-order valence-corrected chi connectivity index (χ4v) is 5.87. The second-order valence-electron chi connectivity index (χ2n) is 9.24. The minimum atomic E-state index is 0.488. The Kier molecular flexibility index (Phi) is 3.65. The van der Waals surface area contributed by atoms with Crippen molar-refractivity contribution in [2.24, 2.45) is 10.8 Å². The standard InChI is InChI=1S/C22H29NO/c1-21(2)11-17-12-22(3,14-21)15-23(17)13-19-18-8-6-5-7-16(18)9-10-20(19)24-4/h5-10,17H,11-15H2,1-4H3/p+1/t17-,22-/m0/s1. The predicted octanol–water partition coefficient (Wildman–Crippen LogP) is 3.83. The van der Waals surface area contributed by atoms with Crippen molar-refractivity contribution in [3.8, 4) is 5.75 Å². The van der Waals surface area contributed by atoms with Gasteiger partial charge in [-0.1, -0.05) is 51.1 Å². The summed E-state index contributed by atoms with van der Waals surface area (Å²) in [5.41, 5.74) is 2.39. The van der Waals surface area contributed by atoms with Crippen molar-refractivity contribution < 1.29 is 9.64 Å². The second-order valence-corrected chi connectivity index (χ2v) is 9.24. The first-order valence-corrected chi connectivity index (χ1v) is 9.28. The maximum absolute atomic E-state index is 5.73. The summed E-state index contributed by atoms with van der Waals surface area (Å²) in [6.07, 6.45) is 4.11. The zero-order valence-electron chi connectivity index (χ0n) is 15.5. The Morgan fingerprint density at radius 3 is 2.67 bits per heavy atom. The fraction of sp³-hybridized carbons (Fsp3) is 0.545. The van der Waals surface area contributed by atoms with E-state index >= 15 is 0 Å². The van der Waals surface area contributed by atoms with Crippen LogP contribution in [0.2, 0.25) is 0 Å². The third-order valence-corrected chi connectivity index (χ3v) is 6.30. The number of quaternary nitrogens is 1. The van der Waals surface area contributed by atoms with E-state index in [0.717, 1.165) is 18.3 Å². The van der Waals surface area contributed by atoms with E-state index in [2.05, 4.69) is 57.2 Å². The minimum Gasteiger partial charge on any atom is -0.496 e. The van der Waals surface area contributed by atoms with Gasteiger partial charge in [0, 0.05) is 18.3 Å². The number of hydrogen-bond acceptors (Lipinski definition) is 1. The lowest BCUT2D eigenvalue weighted by molar-refractivity contribution is -0.928. The zero-order valence-corrected chi connectivity index (χ0v) is 15.5. The third-order valence-electron chi connectivity index (χ3n) is 6.30. The molecule has 1 N–H and O–H groups in total. The van der Waals surface area contributed by atoms with Gasteiger partial charge in [0.15, 0.2) is 0 Å². The Hall–Kier alpha value is -1.54. The molecule has 2 fully saturated rings. The zero-order chi connectivity index (χ0) is 16.9. The third kappa shape index (κ3) is 2.71. The number of ether oxygens (including phenoxy) is 1. The summed E-state index contributed by atoms with van der Waals surface area (Å²) in [5.74, 6) is 1.05. The fourth-order valence-electron chi connectivity index (χ4n) is 5.87. The Balaban J connectivity index is 1.70. The Bertz CT molecular complexity index is 766. The first kappa shape index (κ1) is 16.0. The molecule has 1 aliphatic heterocycles. The van der Waals surface area contributed by atoms with E-state index in [0.29, 0.717) is 10.8 Å². The smallest absolute Gasteiger partial charge is 0.128 e. The van der Waals surface area contributed by atoms with Crippen LogP contribution in [0, 0.1) is 10.8 Å². The molecule has 2 heteroatoms. The molecule has 0 spiro atoms. The quantitative estimate of drug-likeness (QED) is 0.906. The van der Waals surface area contributed by atoms with Crippen LogP contribution in [0.1, 0.15) is 45.6 Å². The van der Waals surface area contributed by atoms with Crippen molar-refractivity contribution in [3.63, 3.8) is 0 Å². The summed E-state index contributed by atoms with van der Waals surface area (Å²) in [6, 6.07) is 13.8.